The van der Waals surface area contributed by atoms with Crippen LogP contribution in [0.2, 0.25) is 0 Å². The van der Waals surface area contributed by atoms with E-state index in [1.54, 1.807) is 4.72 Å². The Morgan fingerprint density at radius 2 is 2.00 bits per heavy atom. The van der Waals surface area contributed by atoms with Gasteiger partial charge in [0.25, 0.3) is 10.0 Å². The second kappa shape index (κ2) is 3.47. The maximum Gasteiger partial charge on any atom is 0.350 e. The Balaban J connectivity index is 2.43. The van der Waals surface area contributed by atoms with Gasteiger partial charge in [0.1, 0.15) is 0 Å². The maximum absolute atomic E-state index is 11.8. The predicted octanol–water partition coefficient (Wildman–Crippen LogP) is -0.0991. The van der Waals surface area contributed by atoms with Gasteiger partial charge in [0.05, 0.1) is 0 Å². The molecule has 1 fully saturated rings. The zero-order valence-electron chi connectivity index (χ0n) is 6.83. The van der Waals surface area contributed by atoms with E-state index in [0.717, 1.165) is 0 Å². The van der Waals surface area contributed by atoms with Crippen LogP contribution in [0.15, 0.2) is 0 Å². The summed E-state index contributed by atoms with van der Waals surface area (Å²) in [6, 6.07) is 0. The first kappa shape index (κ1) is 10.8. The molecule has 13 heavy (non-hydrogen) atoms. The van der Waals surface area contributed by atoms with Crippen molar-refractivity contribution in [1.29, 1.82) is 0 Å². The minimum atomic E-state index is -4.50. The highest BCUT2D eigenvalue weighted by Crippen LogP contribution is 2.44. The molecule has 78 valence electrons. The van der Waals surface area contributed by atoms with E-state index in [1.165, 1.54) is 0 Å². The summed E-state index contributed by atoms with van der Waals surface area (Å²) in [6.07, 6.45) is 1.35. The van der Waals surface area contributed by atoms with Crippen molar-refractivity contribution >= 4 is 10.0 Å². The Morgan fingerprint density at radius 1 is 1.46 bits per heavy atom. The van der Waals surface area contributed by atoms with E-state index in [0.29, 0.717) is 12.8 Å². The lowest BCUT2D eigenvalue weighted by atomic mass is 10.1. The number of aliphatic hydroxyl groups is 1. The zero-order valence-corrected chi connectivity index (χ0v) is 7.65. The van der Waals surface area contributed by atoms with E-state index in [2.05, 4.69) is 0 Å². The summed E-state index contributed by atoms with van der Waals surface area (Å²) in [5.74, 6) is -3.40. The average Bonchev–Trinajstić information content (AvgIpc) is 2.81. The van der Waals surface area contributed by atoms with Crippen LogP contribution in [-0.2, 0) is 10.0 Å². The Kier molecular flexibility index (Phi) is 2.88. The Morgan fingerprint density at radius 3 is 2.31 bits per heavy atom. The van der Waals surface area contributed by atoms with Gasteiger partial charge in [-0.1, -0.05) is 0 Å². The largest absolute Gasteiger partial charge is 0.396 e. The Bertz CT molecular complexity index is 274. The van der Waals surface area contributed by atoms with Gasteiger partial charge in [-0.2, -0.15) is 8.78 Å². The van der Waals surface area contributed by atoms with E-state index in [9.17, 15) is 17.2 Å². The van der Waals surface area contributed by atoms with Crippen molar-refractivity contribution in [3.8, 4) is 0 Å². The number of alkyl halides is 2. The lowest BCUT2D eigenvalue weighted by Crippen LogP contribution is -2.35. The highest BCUT2D eigenvalue weighted by Gasteiger charge is 2.43. The smallest absolute Gasteiger partial charge is 0.350 e. The summed E-state index contributed by atoms with van der Waals surface area (Å²) in [7, 11) is -4.50. The van der Waals surface area contributed by atoms with E-state index >= 15 is 0 Å². The first-order valence-corrected chi connectivity index (χ1v) is 5.34. The molecule has 1 aliphatic carbocycles. The summed E-state index contributed by atoms with van der Waals surface area (Å²) in [6.45, 7) is -0.269. The second-order valence-electron chi connectivity index (χ2n) is 3.28. The van der Waals surface area contributed by atoms with Gasteiger partial charge in [0, 0.05) is 18.6 Å². The topological polar surface area (TPSA) is 66.4 Å². The van der Waals surface area contributed by atoms with Crippen molar-refractivity contribution < 1.29 is 22.3 Å². The molecule has 0 spiro atoms. The van der Waals surface area contributed by atoms with Crippen LogP contribution in [0.3, 0.4) is 0 Å². The van der Waals surface area contributed by atoms with Crippen LogP contribution in [0.5, 0.6) is 0 Å². The summed E-state index contributed by atoms with van der Waals surface area (Å²) < 4.78 is 46.5. The predicted molar refractivity (Wildman–Crippen MR) is 41.7 cm³/mol. The lowest BCUT2D eigenvalue weighted by Gasteiger charge is -2.12. The van der Waals surface area contributed by atoms with Crippen LogP contribution < -0.4 is 4.72 Å². The molecule has 1 aliphatic rings. The minimum absolute atomic E-state index is 0.101. The van der Waals surface area contributed by atoms with Gasteiger partial charge in [0.2, 0.25) is 0 Å². The van der Waals surface area contributed by atoms with E-state index in [-0.39, 0.29) is 13.2 Å². The monoisotopic (exact) mass is 215 g/mol. The molecule has 0 atom stereocenters. The Labute approximate surface area is 75.0 Å². The molecule has 0 saturated heterocycles. The molecular weight excluding hydrogens is 204 g/mol. The fourth-order valence-corrected chi connectivity index (χ4v) is 1.52. The fourth-order valence-electron chi connectivity index (χ4n) is 0.884. The molecule has 0 radical (unpaired) electrons. The van der Waals surface area contributed by atoms with Crippen molar-refractivity contribution in [2.24, 2.45) is 5.41 Å². The number of hydrogen-bond donors (Lipinski definition) is 2. The number of hydrogen-bond acceptors (Lipinski definition) is 3. The third kappa shape index (κ3) is 2.58. The van der Waals surface area contributed by atoms with Crippen molar-refractivity contribution in [2.75, 3.05) is 13.2 Å². The number of sulfonamides is 1. The Hall–Kier alpha value is -0.270. The van der Waals surface area contributed by atoms with E-state index in [4.69, 9.17) is 5.11 Å². The molecule has 0 heterocycles. The minimum Gasteiger partial charge on any atom is -0.396 e. The molecule has 7 heteroatoms. The summed E-state index contributed by atoms with van der Waals surface area (Å²) >= 11 is 0. The molecule has 0 aromatic rings. The quantitative estimate of drug-likeness (QED) is 0.673. The van der Waals surface area contributed by atoms with Gasteiger partial charge < -0.3 is 5.11 Å². The number of rotatable bonds is 5. The highest BCUT2D eigenvalue weighted by atomic mass is 32.2. The van der Waals surface area contributed by atoms with Crippen molar-refractivity contribution in [3.05, 3.63) is 0 Å². The molecule has 0 aromatic carbocycles. The number of nitrogens with one attached hydrogen (secondary N) is 1. The first-order chi connectivity index (χ1) is 5.92. The molecule has 0 amide bonds. The molecule has 0 aromatic heterocycles. The standard InChI is InChI=1S/C6H11F2NO3S/c7-5(8)13(11,12)9-3-6(4-10)1-2-6/h5,9-10H,1-4H2. The normalized spacial score (nSPS) is 20.6. The molecule has 2 N–H and O–H groups in total. The van der Waals surface area contributed by atoms with Gasteiger partial charge in [-0.05, 0) is 12.8 Å². The van der Waals surface area contributed by atoms with Crippen LogP contribution in [-0.4, -0.2) is 32.4 Å². The van der Waals surface area contributed by atoms with Gasteiger partial charge in [0.15, 0.2) is 0 Å². The molecule has 0 unspecified atom stereocenters. The van der Waals surface area contributed by atoms with Crippen LogP contribution in [0.1, 0.15) is 12.8 Å². The summed E-state index contributed by atoms with van der Waals surface area (Å²) in [5, 5.41) is 8.77. The molecule has 4 nitrogen and oxygen atoms in total. The average molecular weight is 215 g/mol. The summed E-state index contributed by atoms with van der Waals surface area (Å²) in [4.78, 5) is 0. The molecule has 0 bridgehead atoms. The second-order valence-corrected chi connectivity index (χ2v) is 5.02. The van der Waals surface area contributed by atoms with E-state index < -0.39 is 21.2 Å². The van der Waals surface area contributed by atoms with Gasteiger partial charge in [-0.25, -0.2) is 13.1 Å². The number of halogens is 2. The summed E-state index contributed by atoms with van der Waals surface area (Å²) in [5.41, 5.74) is -0.484. The molecular formula is C6H11F2NO3S. The third-order valence-corrected chi connectivity index (χ3v) is 3.19. The van der Waals surface area contributed by atoms with Gasteiger partial charge in [-0.15, -0.1) is 0 Å². The molecule has 1 saturated carbocycles. The third-order valence-electron chi connectivity index (χ3n) is 2.18. The zero-order chi connectivity index (χ0) is 10.1. The van der Waals surface area contributed by atoms with Gasteiger partial charge >= 0.3 is 5.76 Å². The SMILES string of the molecule is O=S(=O)(NCC1(CO)CC1)C(F)F. The van der Waals surface area contributed by atoms with Crippen LogP contribution in [0, 0.1) is 5.41 Å². The molecule has 0 aliphatic heterocycles. The van der Waals surface area contributed by atoms with Crippen LogP contribution in [0.25, 0.3) is 0 Å². The fraction of sp³-hybridized carbons (Fsp3) is 1.00. The first-order valence-electron chi connectivity index (χ1n) is 3.79. The highest BCUT2D eigenvalue weighted by molar-refractivity contribution is 7.89. The van der Waals surface area contributed by atoms with E-state index in [1.807, 2.05) is 0 Å². The maximum atomic E-state index is 11.8. The van der Waals surface area contributed by atoms with Crippen LogP contribution >= 0.6 is 0 Å². The van der Waals surface area contributed by atoms with Crippen LogP contribution in [0.4, 0.5) is 8.78 Å². The number of aliphatic hydroxyl groups excluding tert-OH is 1. The molecule has 1 rings (SSSR count). The van der Waals surface area contributed by atoms with Crippen molar-refractivity contribution in [2.45, 2.75) is 18.6 Å². The van der Waals surface area contributed by atoms with Crippen molar-refractivity contribution in [1.82, 2.24) is 4.72 Å². The lowest BCUT2D eigenvalue weighted by molar-refractivity contribution is 0.208. The van der Waals surface area contributed by atoms with Crippen molar-refractivity contribution in [3.63, 3.8) is 0 Å². The van der Waals surface area contributed by atoms with Gasteiger partial charge in [-0.3, -0.25) is 0 Å².